The lowest BCUT2D eigenvalue weighted by molar-refractivity contribution is -0.142. The third-order valence-corrected chi connectivity index (χ3v) is 5.68. The van der Waals surface area contributed by atoms with E-state index in [1.165, 1.54) is 0 Å². The number of halogens is 1. The van der Waals surface area contributed by atoms with Gasteiger partial charge in [0.15, 0.2) is 0 Å². The highest BCUT2D eigenvalue weighted by Gasteiger charge is 2.32. The first-order valence-electron chi connectivity index (χ1n) is 9.88. The predicted molar refractivity (Wildman–Crippen MR) is 117 cm³/mol. The first-order chi connectivity index (χ1) is 13.8. The SMILES string of the molecule is Cc1ccc(C(=O)NC(C(=O)N2CCOC(c3ccc(Br)cc3)C2)C(C)C)cc1. The van der Waals surface area contributed by atoms with E-state index in [2.05, 4.69) is 21.2 Å². The number of ether oxygens (including phenoxy) is 1. The molecule has 1 aliphatic heterocycles. The molecule has 2 amide bonds. The molecular weight excluding hydrogens is 432 g/mol. The highest BCUT2D eigenvalue weighted by Crippen LogP contribution is 2.24. The Labute approximate surface area is 180 Å². The molecule has 29 heavy (non-hydrogen) atoms. The number of nitrogens with one attached hydrogen (secondary N) is 1. The summed E-state index contributed by atoms with van der Waals surface area (Å²) in [6.07, 6.45) is -0.165. The predicted octanol–water partition coefficient (Wildman–Crippen LogP) is 4.11. The molecule has 2 unspecified atom stereocenters. The summed E-state index contributed by atoms with van der Waals surface area (Å²) < 4.78 is 6.89. The number of benzene rings is 2. The molecule has 154 valence electrons. The summed E-state index contributed by atoms with van der Waals surface area (Å²) in [5.41, 5.74) is 2.68. The molecule has 5 nitrogen and oxygen atoms in total. The van der Waals surface area contributed by atoms with Crippen molar-refractivity contribution in [2.24, 2.45) is 5.92 Å². The first kappa shape index (κ1) is 21.5. The second kappa shape index (κ2) is 9.55. The van der Waals surface area contributed by atoms with Crippen LogP contribution in [-0.2, 0) is 9.53 Å². The third kappa shape index (κ3) is 5.46. The van der Waals surface area contributed by atoms with Gasteiger partial charge in [-0.3, -0.25) is 9.59 Å². The molecule has 1 fully saturated rings. The van der Waals surface area contributed by atoms with Gasteiger partial charge in [-0.2, -0.15) is 0 Å². The van der Waals surface area contributed by atoms with Crippen LogP contribution in [0.5, 0.6) is 0 Å². The molecule has 0 radical (unpaired) electrons. The number of hydrogen-bond donors (Lipinski definition) is 1. The van der Waals surface area contributed by atoms with Gasteiger partial charge in [0.1, 0.15) is 12.1 Å². The quantitative estimate of drug-likeness (QED) is 0.732. The normalized spacial score (nSPS) is 17.8. The van der Waals surface area contributed by atoms with Crippen LogP contribution >= 0.6 is 15.9 Å². The Kier molecular flexibility index (Phi) is 7.09. The summed E-state index contributed by atoms with van der Waals surface area (Å²) in [4.78, 5) is 27.7. The maximum Gasteiger partial charge on any atom is 0.251 e. The molecule has 2 aromatic rings. The Morgan fingerprint density at radius 2 is 1.76 bits per heavy atom. The van der Waals surface area contributed by atoms with Crippen LogP contribution in [0.4, 0.5) is 0 Å². The number of carbonyl (C=O) groups excluding carboxylic acids is 2. The maximum atomic E-state index is 13.2. The average molecular weight is 459 g/mol. The molecule has 0 bridgehead atoms. The number of carbonyl (C=O) groups is 2. The van der Waals surface area contributed by atoms with Crippen molar-refractivity contribution < 1.29 is 14.3 Å². The second-order valence-corrected chi connectivity index (χ2v) is 8.67. The van der Waals surface area contributed by atoms with Crippen molar-refractivity contribution in [1.82, 2.24) is 10.2 Å². The van der Waals surface area contributed by atoms with Crippen LogP contribution in [0.1, 0.15) is 41.4 Å². The lowest BCUT2D eigenvalue weighted by atomic mass is 10.0. The Balaban J connectivity index is 1.70. The molecule has 1 saturated heterocycles. The Hall–Kier alpha value is -2.18. The summed E-state index contributed by atoms with van der Waals surface area (Å²) in [6.45, 7) is 7.35. The average Bonchev–Trinajstić information content (AvgIpc) is 2.72. The molecule has 1 heterocycles. The van der Waals surface area contributed by atoms with Gasteiger partial charge in [0.2, 0.25) is 5.91 Å². The summed E-state index contributed by atoms with van der Waals surface area (Å²) in [5, 5.41) is 2.93. The molecule has 6 heteroatoms. The monoisotopic (exact) mass is 458 g/mol. The molecule has 2 atom stereocenters. The standard InChI is InChI=1S/C23H27BrN2O3/c1-15(2)21(25-22(27)18-6-4-16(3)5-7-18)23(28)26-12-13-29-20(14-26)17-8-10-19(24)11-9-17/h4-11,15,20-21H,12-14H2,1-3H3,(H,25,27). The van der Waals surface area contributed by atoms with Crippen LogP contribution < -0.4 is 5.32 Å². The van der Waals surface area contributed by atoms with Gasteiger partial charge in [0.05, 0.1) is 13.2 Å². The highest BCUT2D eigenvalue weighted by molar-refractivity contribution is 9.10. The Bertz CT molecular complexity index is 849. The smallest absolute Gasteiger partial charge is 0.251 e. The number of aryl methyl sites for hydroxylation is 1. The van der Waals surface area contributed by atoms with E-state index >= 15 is 0 Å². The van der Waals surface area contributed by atoms with E-state index in [1.54, 1.807) is 17.0 Å². The zero-order valence-corrected chi connectivity index (χ0v) is 18.6. The van der Waals surface area contributed by atoms with E-state index in [0.717, 1.165) is 15.6 Å². The second-order valence-electron chi connectivity index (χ2n) is 7.76. The van der Waals surface area contributed by atoms with Crippen LogP contribution in [0, 0.1) is 12.8 Å². The summed E-state index contributed by atoms with van der Waals surface area (Å²) in [6, 6.07) is 14.7. The van der Waals surface area contributed by atoms with Crippen molar-refractivity contribution in [3.05, 3.63) is 69.7 Å². The van der Waals surface area contributed by atoms with E-state index in [4.69, 9.17) is 4.74 Å². The number of amides is 2. The molecule has 0 spiro atoms. The zero-order valence-electron chi connectivity index (χ0n) is 17.0. The fourth-order valence-electron chi connectivity index (χ4n) is 3.37. The minimum absolute atomic E-state index is 0.0223. The van der Waals surface area contributed by atoms with Crippen molar-refractivity contribution in [2.75, 3.05) is 19.7 Å². The van der Waals surface area contributed by atoms with Gasteiger partial charge in [0.25, 0.3) is 5.91 Å². The van der Waals surface area contributed by atoms with Gasteiger partial charge in [0, 0.05) is 16.6 Å². The number of rotatable bonds is 5. The lowest BCUT2D eigenvalue weighted by Crippen LogP contribution is -2.54. The molecule has 0 aromatic heterocycles. The fraction of sp³-hybridized carbons (Fsp3) is 0.391. The molecule has 0 aliphatic carbocycles. The van der Waals surface area contributed by atoms with Crippen molar-refractivity contribution in [2.45, 2.75) is 32.9 Å². The van der Waals surface area contributed by atoms with Gasteiger partial charge in [-0.05, 0) is 42.7 Å². The van der Waals surface area contributed by atoms with E-state index in [9.17, 15) is 9.59 Å². The lowest BCUT2D eigenvalue weighted by Gasteiger charge is -2.36. The molecule has 2 aromatic carbocycles. The number of hydrogen-bond acceptors (Lipinski definition) is 3. The Morgan fingerprint density at radius 1 is 1.10 bits per heavy atom. The third-order valence-electron chi connectivity index (χ3n) is 5.15. The van der Waals surface area contributed by atoms with Crippen LogP contribution in [0.15, 0.2) is 53.0 Å². The summed E-state index contributed by atoms with van der Waals surface area (Å²) in [5.74, 6) is -0.313. The van der Waals surface area contributed by atoms with E-state index in [1.807, 2.05) is 57.2 Å². The van der Waals surface area contributed by atoms with Crippen LogP contribution in [0.3, 0.4) is 0 Å². The van der Waals surface area contributed by atoms with Gasteiger partial charge in [-0.25, -0.2) is 0 Å². The summed E-state index contributed by atoms with van der Waals surface area (Å²) in [7, 11) is 0. The van der Waals surface area contributed by atoms with Crippen LogP contribution in [0.2, 0.25) is 0 Å². The molecule has 1 aliphatic rings. The van der Waals surface area contributed by atoms with Gasteiger partial charge >= 0.3 is 0 Å². The van der Waals surface area contributed by atoms with E-state index in [0.29, 0.717) is 25.3 Å². The van der Waals surface area contributed by atoms with Crippen LogP contribution in [0.25, 0.3) is 0 Å². The molecule has 0 saturated carbocycles. The van der Waals surface area contributed by atoms with Crippen LogP contribution in [-0.4, -0.2) is 42.5 Å². The Morgan fingerprint density at radius 3 is 2.38 bits per heavy atom. The van der Waals surface area contributed by atoms with Crippen molar-refractivity contribution in [1.29, 1.82) is 0 Å². The number of morpholine rings is 1. The van der Waals surface area contributed by atoms with Gasteiger partial charge in [-0.1, -0.05) is 59.6 Å². The highest BCUT2D eigenvalue weighted by atomic mass is 79.9. The fourth-order valence-corrected chi connectivity index (χ4v) is 3.63. The molecular formula is C23H27BrN2O3. The molecule has 1 N–H and O–H groups in total. The van der Waals surface area contributed by atoms with E-state index in [-0.39, 0.29) is 23.8 Å². The van der Waals surface area contributed by atoms with Gasteiger partial charge < -0.3 is 15.0 Å². The topological polar surface area (TPSA) is 58.6 Å². The minimum atomic E-state index is -0.576. The maximum absolute atomic E-state index is 13.2. The van der Waals surface area contributed by atoms with Crippen molar-refractivity contribution in [3.63, 3.8) is 0 Å². The van der Waals surface area contributed by atoms with Crippen molar-refractivity contribution in [3.8, 4) is 0 Å². The first-order valence-corrected chi connectivity index (χ1v) is 10.7. The van der Waals surface area contributed by atoms with E-state index < -0.39 is 6.04 Å². The zero-order chi connectivity index (χ0) is 21.0. The summed E-state index contributed by atoms with van der Waals surface area (Å²) >= 11 is 3.44. The van der Waals surface area contributed by atoms with Gasteiger partial charge in [-0.15, -0.1) is 0 Å². The minimum Gasteiger partial charge on any atom is -0.370 e. The molecule has 3 rings (SSSR count). The number of nitrogens with zero attached hydrogens (tertiary/aromatic N) is 1. The largest absolute Gasteiger partial charge is 0.370 e. The van der Waals surface area contributed by atoms with Crippen molar-refractivity contribution >= 4 is 27.7 Å².